The van der Waals surface area contributed by atoms with Crippen molar-refractivity contribution >= 4 is 35.8 Å². The summed E-state index contributed by atoms with van der Waals surface area (Å²) in [7, 11) is -3.58. The van der Waals surface area contributed by atoms with Gasteiger partial charge < -0.3 is 0 Å². The Bertz CT molecular complexity index is 141. The van der Waals surface area contributed by atoms with Crippen LogP contribution in [0, 0.1) is 0 Å². The zero-order chi connectivity index (χ0) is 8.20. The summed E-state index contributed by atoms with van der Waals surface area (Å²) >= 11 is 7.72. The van der Waals surface area contributed by atoms with Gasteiger partial charge in [-0.1, -0.05) is 0 Å². The molecule has 0 saturated heterocycles. The van der Waals surface area contributed by atoms with Crippen molar-refractivity contribution in [1.82, 2.24) is 0 Å². The molecule has 2 atom stereocenters. The van der Waals surface area contributed by atoms with Crippen LogP contribution in [0.3, 0.4) is 0 Å². The van der Waals surface area contributed by atoms with E-state index in [1.807, 2.05) is 0 Å². The molecule has 0 saturated carbocycles. The van der Waals surface area contributed by atoms with E-state index in [-0.39, 0.29) is 11.0 Å². The van der Waals surface area contributed by atoms with Crippen LogP contribution < -0.4 is 5.90 Å². The number of nitrogens with two attached hydrogens (primary N) is 1. The van der Waals surface area contributed by atoms with Crippen LogP contribution in [0.5, 0.6) is 0 Å². The van der Waals surface area contributed by atoms with Crippen LogP contribution in [0.1, 0.15) is 0 Å². The molecule has 0 aliphatic heterocycles. The lowest BCUT2D eigenvalue weighted by atomic mass is 10.6. The minimum atomic E-state index is -3.58. The van der Waals surface area contributed by atoms with Crippen LogP contribution in [0.4, 0.5) is 0 Å². The molecule has 4 nitrogen and oxygen atoms in total. The second-order valence-corrected chi connectivity index (χ2v) is 4.39. The average molecular weight is 203 g/mol. The molecule has 0 amide bonds. The largest absolute Gasteiger partial charge is 0.414 e. The van der Waals surface area contributed by atoms with E-state index in [1.54, 1.807) is 0 Å². The first-order valence-electron chi connectivity index (χ1n) is 2.42. The molecule has 0 aliphatic rings. The van der Waals surface area contributed by atoms with Crippen molar-refractivity contribution in [3.63, 3.8) is 0 Å². The van der Waals surface area contributed by atoms with Crippen LogP contribution in [0.2, 0.25) is 0 Å². The number of hydrogen-bond acceptors (Lipinski definition) is 5. The molecule has 0 heterocycles. The van der Waals surface area contributed by atoms with E-state index in [9.17, 15) is 8.76 Å². The summed E-state index contributed by atoms with van der Waals surface area (Å²) in [6.07, 6.45) is 0. The standard InChI is InChI=1S/C3H9NO3S3/c4-7-10(5,6)2-3(9)1-8/h3,8-9H,1-2,4H2/q+1. The van der Waals surface area contributed by atoms with E-state index in [0.29, 0.717) is 5.75 Å². The molecule has 0 aliphatic carbocycles. The summed E-state index contributed by atoms with van der Waals surface area (Å²) in [5.41, 5.74) is 0. The summed E-state index contributed by atoms with van der Waals surface area (Å²) in [6.45, 7) is 0. The van der Waals surface area contributed by atoms with E-state index < -0.39 is 10.5 Å². The molecule has 1 radical (unpaired) electrons. The van der Waals surface area contributed by atoms with E-state index in [4.69, 9.17) is 0 Å². The predicted molar refractivity (Wildman–Crippen MR) is 45.5 cm³/mol. The van der Waals surface area contributed by atoms with Crippen LogP contribution in [0.25, 0.3) is 0 Å². The van der Waals surface area contributed by atoms with Crippen molar-refractivity contribution in [2.75, 3.05) is 11.5 Å². The fourth-order valence-corrected chi connectivity index (χ4v) is 1.85. The molecule has 2 N–H and O–H groups in total. The third-order valence-corrected chi connectivity index (χ3v) is 3.20. The first kappa shape index (κ1) is 10.7. The number of thiol groups is 2. The van der Waals surface area contributed by atoms with Gasteiger partial charge in [-0.15, -0.1) is 0 Å². The molecule has 2 unspecified atom stereocenters. The van der Waals surface area contributed by atoms with Gasteiger partial charge in [0.15, 0.2) is 5.75 Å². The van der Waals surface area contributed by atoms with Crippen LogP contribution in [-0.4, -0.2) is 16.8 Å². The van der Waals surface area contributed by atoms with Crippen LogP contribution in [0.15, 0.2) is 0 Å². The highest BCUT2D eigenvalue weighted by Crippen LogP contribution is 2.07. The fourth-order valence-electron chi connectivity index (χ4n) is 0.328. The third kappa shape index (κ3) is 4.53. The Morgan fingerprint density at radius 2 is 2.20 bits per heavy atom. The molecule has 0 aromatic rings. The van der Waals surface area contributed by atoms with Gasteiger partial charge in [-0.3, -0.25) is 0 Å². The SMILES string of the molecule is NO[S+]([O])(=O)CC(S)CS. The van der Waals surface area contributed by atoms with E-state index >= 15 is 0 Å². The van der Waals surface area contributed by atoms with Gasteiger partial charge in [-0.25, -0.2) is 0 Å². The maximum atomic E-state index is 10.5. The first-order chi connectivity index (χ1) is 4.52. The van der Waals surface area contributed by atoms with Crippen molar-refractivity contribution in [2.45, 2.75) is 5.25 Å². The zero-order valence-corrected chi connectivity index (χ0v) is 7.70. The summed E-state index contributed by atoms with van der Waals surface area (Å²) in [5.74, 6) is 4.62. The predicted octanol–water partition coefficient (Wildman–Crippen LogP) is -0.135. The highest BCUT2D eigenvalue weighted by Gasteiger charge is 2.32. The molecule has 0 aromatic heterocycles. The molecule has 0 bridgehead atoms. The maximum absolute atomic E-state index is 10.5. The van der Waals surface area contributed by atoms with Gasteiger partial charge >= 0.3 is 10.5 Å². The maximum Gasteiger partial charge on any atom is 0.414 e. The molecule has 0 rings (SSSR count). The van der Waals surface area contributed by atoms with E-state index in [2.05, 4.69) is 35.4 Å². The van der Waals surface area contributed by atoms with Gasteiger partial charge in [0.05, 0.1) is 9.80 Å². The lowest BCUT2D eigenvalue weighted by molar-refractivity contribution is 0.262. The summed E-state index contributed by atoms with van der Waals surface area (Å²) in [4.78, 5) is 0. The van der Waals surface area contributed by atoms with Crippen molar-refractivity contribution in [3.8, 4) is 0 Å². The Morgan fingerprint density at radius 1 is 1.70 bits per heavy atom. The van der Waals surface area contributed by atoms with Gasteiger partial charge in [-0.05, 0) is 8.49 Å². The Hall–Kier alpha value is 0.730. The van der Waals surface area contributed by atoms with E-state index in [0.717, 1.165) is 0 Å². The summed E-state index contributed by atoms with van der Waals surface area (Å²) in [5, 5.41) is -0.336. The fraction of sp³-hybridized carbons (Fsp3) is 1.00. The lowest BCUT2D eigenvalue weighted by Crippen LogP contribution is -2.26. The van der Waals surface area contributed by atoms with Gasteiger partial charge in [0, 0.05) is 5.75 Å². The average Bonchev–Trinajstić information content (AvgIpc) is 1.87. The lowest BCUT2D eigenvalue weighted by Gasteiger charge is -2.01. The monoisotopic (exact) mass is 203 g/mol. The quantitative estimate of drug-likeness (QED) is 0.338. The molecule has 7 heteroatoms. The summed E-state index contributed by atoms with van der Waals surface area (Å²) in [6, 6.07) is 0. The smallest absolute Gasteiger partial charge is 0.178 e. The number of hydrogen-bond donors (Lipinski definition) is 3. The highest BCUT2D eigenvalue weighted by atomic mass is 32.3. The Balaban J connectivity index is 3.77. The number of rotatable bonds is 4. The summed E-state index contributed by atoms with van der Waals surface area (Å²) < 4.78 is 24.8. The van der Waals surface area contributed by atoms with Crippen molar-refractivity contribution in [3.05, 3.63) is 0 Å². The zero-order valence-electron chi connectivity index (χ0n) is 5.10. The third-order valence-electron chi connectivity index (χ3n) is 0.754. The minimum absolute atomic E-state index is 0.212. The molecule has 0 fully saturated rings. The second kappa shape index (κ2) is 4.58. The van der Waals surface area contributed by atoms with Crippen LogP contribution >= 0.6 is 25.3 Å². The topological polar surface area (TPSA) is 72.2 Å². The van der Waals surface area contributed by atoms with Crippen molar-refractivity contribution < 1.29 is 13.0 Å². The molecule has 0 aromatic carbocycles. The Kier molecular flexibility index (Phi) is 4.91. The van der Waals surface area contributed by atoms with Gasteiger partial charge in [0.2, 0.25) is 0 Å². The first-order valence-corrected chi connectivity index (χ1v) is 5.14. The molecular formula is C3H9NO3S3+. The van der Waals surface area contributed by atoms with Gasteiger partial charge in [0.1, 0.15) is 0 Å². The Labute approximate surface area is 71.7 Å². The highest BCUT2D eigenvalue weighted by molar-refractivity contribution is 7.94. The molecule has 61 valence electrons. The second-order valence-electron chi connectivity index (χ2n) is 1.66. The molecular weight excluding hydrogens is 194 g/mol. The van der Waals surface area contributed by atoms with Gasteiger partial charge in [-0.2, -0.15) is 31.2 Å². The van der Waals surface area contributed by atoms with E-state index in [1.165, 1.54) is 0 Å². The minimum Gasteiger partial charge on any atom is -0.178 e. The molecule has 10 heavy (non-hydrogen) atoms. The van der Waals surface area contributed by atoms with Crippen molar-refractivity contribution in [1.29, 1.82) is 0 Å². The normalized spacial score (nSPS) is 20.0. The van der Waals surface area contributed by atoms with Gasteiger partial charge in [0.25, 0.3) is 0 Å². The van der Waals surface area contributed by atoms with Crippen LogP contribution in [-0.2, 0) is 23.5 Å². The Morgan fingerprint density at radius 3 is 2.50 bits per heavy atom. The van der Waals surface area contributed by atoms with Crippen molar-refractivity contribution in [2.24, 2.45) is 5.90 Å². The molecule has 0 spiro atoms.